The van der Waals surface area contributed by atoms with Crippen LogP contribution in [0, 0.1) is 13.8 Å². The second kappa shape index (κ2) is 9.41. The molecule has 0 aliphatic rings. The Morgan fingerprint density at radius 3 is 2.48 bits per heavy atom. The van der Waals surface area contributed by atoms with E-state index in [-0.39, 0.29) is 12.5 Å². The number of ether oxygens (including phenoxy) is 2. The van der Waals surface area contributed by atoms with Crippen molar-refractivity contribution in [2.75, 3.05) is 14.2 Å². The molecule has 0 aliphatic heterocycles. The predicted octanol–water partition coefficient (Wildman–Crippen LogP) is 3.47. The highest BCUT2D eigenvalue weighted by atomic mass is 32.1. The number of nitrogens with one attached hydrogen (secondary N) is 1. The Bertz CT molecular complexity index is 1380. The molecule has 9 heteroatoms. The number of amides is 1. The first kappa shape index (κ1) is 22.5. The molecule has 0 unspecified atom stereocenters. The summed E-state index contributed by atoms with van der Waals surface area (Å²) in [5, 5.41) is 8.13. The molecule has 0 radical (unpaired) electrons. The van der Waals surface area contributed by atoms with Crippen molar-refractivity contribution in [2.24, 2.45) is 0 Å². The molecule has 1 amide bonds. The summed E-state index contributed by atoms with van der Waals surface area (Å²) in [5.74, 6) is 0.816. The molecule has 0 saturated heterocycles. The van der Waals surface area contributed by atoms with Crippen molar-refractivity contribution in [2.45, 2.75) is 26.9 Å². The van der Waals surface area contributed by atoms with Gasteiger partial charge in [-0.1, -0.05) is 29.8 Å². The van der Waals surface area contributed by atoms with E-state index in [2.05, 4.69) is 15.4 Å². The van der Waals surface area contributed by atoms with E-state index < -0.39 is 5.56 Å². The molecule has 2 aromatic carbocycles. The summed E-state index contributed by atoms with van der Waals surface area (Å²) in [5.41, 5.74) is 3.31. The maximum Gasteiger partial charge on any atom is 0.294 e. The van der Waals surface area contributed by atoms with E-state index in [1.165, 1.54) is 11.3 Å². The number of aromatic nitrogens is 3. The summed E-state index contributed by atoms with van der Waals surface area (Å²) in [6.45, 7) is 4.00. The Labute approximate surface area is 194 Å². The molecule has 33 heavy (non-hydrogen) atoms. The minimum Gasteiger partial charge on any atom is -0.493 e. The van der Waals surface area contributed by atoms with Gasteiger partial charge in [0, 0.05) is 12.1 Å². The van der Waals surface area contributed by atoms with E-state index in [1.54, 1.807) is 26.4 Å². The molecule has 0 spiro atoms. The zero-order valence-electron chi connectivity index (χ0n) is 18.8. The Morgan fingerprint density at radius 2 is 1.79 bits per heavy atom. The fraction of sp³-hybridized carbons (Fsp3) is 0.250. The number of methoxy groups -OCH3 is 2. The number of aryl methyl sites for hydroxylation is 2. The number of carbonyl (C=O) groups is 1. The van der Waals surface area contributed by atoms with Crippen molar-refractivity contribution < 1.29 is 14.3 Å². The van der Waals surface area contributed by atoms with E-state index in [0.717, 1.165) is 26.4 Å². The minimum atomic E-state index is -0.399. The number of thiazole rings is 1. The first-order valence-corrected chi connectivity index (χ1v) is 11.1. The summed E-state index contributed by atoms with van der Waals surface area (Å²) < 4.78 is 12.6. The standard InChI is InChI=1S/C24H24N4O4S/c1-14-5-7-16(8-6-14)12-25-20(29)13-28-24(30)22-23(33-15(2)26-22)21(27-28)17-9-10-18(31-3)19(11-17)32-4/h5-11H,12-13H2,1-4H3,(H,25,29). The normalized spacial score (nSPS) is 10.9. The molecule has 2 heterocycles. The third-order valence-electron chi connectivity index (χ3n) is 5.17. The smallest absolute Gasteiger partial charge is 0.294 e. The van der Waals surface area contributed by atoms with Gasteiger partial charge < -0.3 is 14.8 Å². The summed E-state index contributed by atoms with van der Waals surface area (Å²) in [4.78, 5) is 30.0. The second-order valence-corrected chi connectivity index (χ2v) is 8.76. The van der Waals surface area contributed by atoms with Crippen molar-refractivity contribution in [1.29, 1.82) is 0 Å². The van der Waals surface area contributed by atoms with E-state index in [1.807, 2.05) is 44.2 Å². The number of fused-ring (bicyclic) bond motifs is 1. The monoisotopic (exact) mass is 464 g/mol. The second-order valence-electron chi connectivity index (χ2n) is 7.55. The first-order chi connectivity index (χ1) is 15.9. The number of nitrogens with zero attached hydrogens (tertiary/aromatic N) is 3. The fourth-order valence-corrected chi connectivity index (χ4v) is 4.36. The Balaban J connectivity index is 1.68. The van der Waals surface area contributed by atoms with Gasteiger partial charge in [-0.05, 0) is 37.6 Å². The van der Waals surface area contributed by atoms with Crippen LogP contribution in [-0.2, 0) is 17.9 Å². The molecule has 4 rings (SSSR count). The maximum atomic E-state index is 13.0. The molecule has 4 aromatic rings. The topological polar surface area (TPSA) is 95.3 Å². The predicted molar refractivity (Wildman–Crippen MR) is 128 cm³/mol. The summed E-state index contributed by atoms with van der Waals surface area (Å²) in [6, 6.07) is 13.3. The zero-order valence-corrected chi connectivity index (χ0v) is 19.7. The summed E-state index contributed by atoms with van der Waals surface area (Å²) in [7, 11) is 3.12. The molecule has 0 atom stereocenters. The van der Waals surface area contributed by atoms with Crippen molar-refractivity contribution >= 4 is 27.5 Å². The molecule has 1 N–H and O–H groups in total. The van der Waals surface area contributed by atoms with Crippen LogP contribution in [0.1, 0.15) is 16.1 Å². The van der Waals surface area contributed by atoms with Gasteiger partial charge in [-0.25, -0.2) is 9.67 Å². The lowest BCUT2D eigenvalue weighted by Gasteiger charge is -2.12. The first-order valence-electron chi connectivity index (χ1n) is 10.3. The third kappa shape index (κ3) is 4.73. The maximum absolute atomic E-state index is 13.0. The Hall–Kier alpha value is -3.72. The number of rotatable bonds is 7. The quantitative estimate of drug-likeness (QED) is 0.450. The highest BCUT2D eigenvalue weighted by Gasteiger charge is 2.19. The van der Waals surface area contributed by atoms with Crippen LogP contribution in [0.3, 0.4) is 0 Å². The molecular weight excluding hydrogens is 440 g/mol. The van der Waals surface area contributed by atoms with Crippen LogP contribution in [-0.4, -0.2) is 34.9 Å². The van der Waals surface area contributed by atoms with Crippen LogP contribution < -0.4 is 20.3 Å². The molecule has 0 bridgehead atoms. The Morgan fingerprint density at radius 1 is 1.06 bits per heavy atom. The molecule has 0 aliphatic carbocycles. The molecule has 170 valence electrons. The molecule has 2 aromatic heterocycles. The van der Waals surface area contributed by atoms with E-state index in [4.69, 9.17) is 9.47 Å². The van der Waals surface area contributed by atoms with Gasteiger partial charge in [-0.2, -0.15) is 5.10 Å². The summed E-state index contributed by atoms with van der Waals surface area (Å²) >= 11 is 1.39. The van der Waals surface area contributed by atoms with Gasteiger partial charge >= 0.3 is 0 Å². The lowest BCUT2D eigenvalue weighted by molar-refractivity contribution is -0.122. The van der Waals surface area contributed by atoms with Crippen LogP contribution in [0.5, 0.6) is 11.5 Å². The third-order valence-corrected chi connectivity index (χ3v) is 6.15. The van der Waals surface area contributed by atoms with Crippen molar-refractivity contribution in [1.82, 2.24) is 20.1 Å². The number of benzene rings is 2. The van der Waals surface area contributed by atoms with Crippen LogP contribution in [0.2, 0.25) is 0 Å². The molecule has 0 fully saturated rings. The average molecular weight is 465 g/mol. The van der Waals surface area contributed by atoms with Gasteiger partial charge in [-0.3, -0.25) is 9.59 Å². The van der Waals surface area contributed by atoms with Gasteiger partial charge in [0.1, 0.15) is 12.2 Å². The van der Waals surface area contributed by atoms with Gasteiger partial charge in [0.15, 0.2) is 17.0 Å². The van der Waals surface area contributed by atoms with Crippen LogP contribution in [0.25, 0.3) is 21.5 Å². The van der Waals surface area contributed by atoms with Gasteiger partial charge in [0.2, 0.25) is 5.91 Å². The zero-order chi connectivity index (χ0) is 23.5. The number of carbonyl (C=O) groups excluding carboxylic acids is 1. The fourth-order valence-electron chi connectivity index (χ4n) is 3.44. The van der Waals surface area contributed by atoms with E-state index in [9.17, 15) is 9.59 Å². The van der Waals surface area contributed by atoms with Crippen molar-refractivity contribution in [3.63, 3.8) is 0 Å². The lowest BCUT2D eigenvalue weighted by atomic mass is 10.1. The van der Waals surface area contributed by atoms with Gasteiger partial charge in [0.25, 0.3) is 5.56 Å². The van der Waals surface area contributed by atoms with E-state index >= 15 is 0 Å². The molecule has 0 saturated carbocycles. The van der Waals surface area contributed by atoms with Crippen molar-refractivity contribution in [3.8, 4) is 22.8 Å². The average Bonchev–Trinajstić information content (AvgIpc) is 3.22. The highest BCUT2D eigenvalue weighted by molar-refractivity contribution is 7.19. The minimum absolute atomic E-state index is 0.211. The Kier molecular flexibility index (Phi) is 6.41. The highest BCUT2D eigenvalue weighted by Crippen LogP contribution is 2.35. The van der Waals surface area contributed by atoms with Gasteiger partial charge in [-0.15, -0.1) is 11.3 Å². The number of hydrogen-bond donors (Lipinski definition) is 1. The number of hydrogen-bond acceptors (Lipinski definition) is 7. The van der Waals surface area contributed by atoms with Crippen molar-refractivity contribution in [3.05, 3.63) is 69.0 Å². The lowest BCUT2D eigenvalue weighted by Crippen LogP contribution is -2.33. The molecule has 8 nitrogen and oxygen atoms in total. The molecular formula is C24H24N4O4S. The van der Waals surface area contributed by atoms with Crippen LogP contribution >= 0.6 is 11.3 Å². The van der Waals surface area contributed by atoms with E-state index in [0.29, 0.717) is 34.0 Å². The van der Waals surface area contributed by atoms with Crippen LogP contribution in [0.15, 0.2) is 47.3 Å². The van der Waals surface area contributed by atoms with Crippen LogP contribution in [0.4, 0.5) is 0 Å². The SMILES string of the molecule is COc1ccc(-c2nn(CC(=O)NCc3ccc(C)cc3)c(=O)c3nc(C)sc23)cc1OC. The largest absolute Gasteiger partial charge is 0.493 e. The summed E-state index contributed by atoms with van der Waals surface area (Å²) in [6.07, 6.45) is 0. The van der Waals surface area contributed by atoms with Gasteiger partial charge in [0.05, 0.1) is 23.9 Å².